The fourth-order valence-corrected chi connectivity index (χ4v) is 2.63. The van der Waals surface area contributed by atoms with Crippen molar-refractivity contribution in [2.45, 2.75) is 51.4 Å². The van der Waals surface area contributed by atoms with Gasteiger partial charge in [0, 0.05) is 32.8 Å². The maximum absolute atomic E-state index is 5.88. The van der Waals surface area contributed by atoms with Crippen LogP contribution in [0.4, 0.5) is 0 Å². The maximum Gasteiger partial charge on any atom is 0.165 e. The second-order valence-electron chi connectivity index (χ2n) is 5.06. The molecule has 1 aliphatic heterocycles. The number of nitrogens with zero attached hydrogens (tertiary/aromatic N) is 5. The molecular weight excluding hydrogens is 244 g/mol. The Bertz CT molecular complexity index is 382. The molecule has 2 heterocycles. The van der Waals surface area contributed by atoms with E-state index in [4.69, 9.17) is 10.5 Å². The number of nitrogens with two attached hydrogens (primary N) is 1. The zero-order valence-corrected chi connectivity index (χ0v) is 11.8. The monoisotopic (exact) mass is 268 g/mol. The molecule has 1 saturated heterocycles. The van der Waals surface area contributed by atoms with Gasteiger partial charge in [0.05, 0.1) is 12.6 Å². The van der Waals surface area contributed by atoms with Crippen LogP contribution in [0.1, 0.15) is 32.0 Å². The lowest BCUT2D eigenvalue weighted by molar-refractivity contribution is 0.00881. The van der Waals surface area contributed by atoms with Gasteiger partial charge in [0.2, 0.25) is 0 Å². The smallest absolute Gasteiger partial charge is 0.165 e. The lowest BCUT2D eigenvalue weighted by Crippen LogP contribution is -2.48. The van der Waals surface area contributed by atoms with Crippen molar-refractivity contribution >= 4 is 0 Å². The van der Waals surface area contributed by atoms with Crippen molar-refractivity contribution < 1.29 is 4.74 Å². The summed E-state index contributed by atoms with van der Waals surface area (Å²) in [5.74, 6) is 0.927. The number of likely N-dealkylation sites (tertiary alicyclic amines) is 1. The summed E-state index contributed by atoms with van der Waals surface area (Å²) in [5, 5.41) is 11.9. The van der Waals surface area contributed by atoms with Crippen molar-refractivity contribution in [3.63, 3.8) is 0 Å². The van der Waals surface area contributed by atoms with Crippen LogP contribution in [0.5, 0.6) is 0 Å². The van der Waals surface area contributed by atoms with Crippen molar-refractivity contribution in [2.24, 2.45) is 5.73 Å². The van der Waals surface area contributed by atoms with Gasteiger partial charge in [0.15, 0.2) is 5.82 Å². The Hall–Kier alpha value is -1.05. The largest absolute Gasteiger partial charge is 0.381 e. The van der Waals surface area contributed by atoms with Crippen LogP contribution in [0.2, 0.25) is 0 Å². The summed E-state index contributed by atoms with van der Waals surface area (Å²) in [6.45, 7) is 5.39. The van der Waals surface area contributed by atoms with Crippen LogP contribution in [-0.4, -0.2) is 57.5 Å². The summed E-state index contributed by atoms with van der Waals surface area (Å²) in [6, 6.07) is 0.352. The maximum atomic E-state index is 5.88. The van der Waals surface area contributed by atoms with Gasteiger partial charge >= 0.3 is 0 Å². The molecule has 19 heavy (non-hydrogen) atoms. The molecule has 2 N–H and O–H groups in total. The molecule has 0 bridgehead atoms. The van der Waals surface area contributed by atoms with E-state index in [1.54, 1.807) is 7.11 Å². The summed E-state index contributed by atoms with van der Waals surface area (Å²) in [4.78, 5) is 2.37. The fourth-order valence-electron chi connectivity index (χ4n) is 2.63. The van der Waals surface area contributed by atoms with Crippen LogP contribution in [0.25, 0.3) is 0 Å². The van der Waals surface area contributed by atoms with Gasteiger partial charge in [-0.05, 0) is 29.7 Å². The molecule has 0 spiro atoms. The van der Waals surface area contributed by atoms with Gasteiger partial charge in [-0.15, -0.1) is 5.10 Å². The predicted octanol–water partition coefficient (Wildman–Crippen LogP) is 0.0212. The number of hydrogen-bond donors (Lipinski definition) is 1. The second-order valence-corrected chi connectivity index (χ2v) is 5.06. The molecule has 0 radical (unpaired) electrons. The number of aryl methyl sites for hydroxylation is 1. The number of methoxy groups -OCH3 is 1. The Morgan fingerprint density at radius 3 is 3.00 bits per heavy atom. The van der Waals surface area contributed by atoms with E-state index in [1.807, 2.05) is 4.68 Å². The highest BCUT2D eigenvalue weighted by Gasteiger charge is 2.28. The molecular formula is C12H24N6O. The zero-order valence-electron chi connectivity index (χ0n) is 11.8. The molecule has 108 valence electrons. The lowest BCUT2D eigenvalue weighted by atomic mass is 9.99. The van der Waals surface area contributed by atoms with E-state index in [0.29, 0.717) is 18.7 Å². The molecule has 0 aliphatic carbocycles. The van der Waals surface area contributed by atoms with Gasteiger partial charge in [0.25, 0.3) is 0 Å². The molecule has 7 nitrogen and oxygen atoms in total. The van der Waals surface area contributed by atoms with Crippen molar-refractivity contribution in [3.05, 3.63) is 5.82 Å². The van der Waals surface area contributed by atoms with E-state index in [2.05, 4.69) is 27.3 Å². The molecule has 0 aromatic carbocycles. The van der Waals surface area contributed by atoms with E-state index in [0.717, 1.165) is 44.7 Å². The number of piperidine rings is 1. The van der Waals surface area contributed by atoms with Crippen LogP contribution in [-0.2, 0) is 17.8 Å². The highest BCUT2D eigenvalue weighted by Crippen LogP contribution is 2.20. The quantitative estimate of drug-likeness (QED) is 0.783. The minimum atomic E-state index is 0.330. The molecule has 0 saturated carbocycles. The van der Waals surface area contributed by atoms with Gasteiger partial charge in [0.1, 0.15) is 0 Å². The van der Waals surface area contributed by atoms with Crippen LogP contribution in [0, 0.1) is 0 Å². The van der Waals surface area contributed by atoms with E-state index in [1.165, 1.54) is 0 Å². The molecule has 1 aromatic heterocycles. The van der Waals surface area contributed by atoms with Gasteiger partial charge in [-0.25, -0.2) is 4.68 Å². The van der Waals surface area contributed by atoms with Crippen LogP contribution in [0.15, 0.2) is 0 Å². The van der Waals surface area contributed by atoms with Crippen LogP contribution < -0.4 is 5.73 Å². The number of ether oxygens (including phenoxy) is 1. The predicted molar refractivity (Wildman–Crippen MR) is 71.4 cm³/mol. The van der Waals surface area contributed by atoms with E-state index >= 15 is 0 Å². The Morgan fingerprint density at radius 1 is 1.47 bits per heavy atom. The van der Waals surface area contributed by atoms with Crippen molar-refractivity contribution in [1.29, 1.82) is 0 Å². The van der Waals surface area contributed by atoms with Gasteiger partial charge in [-0.1, -0.05) is 6.92 Å². The number of hydrogen-bond acceptors (Lipinski definition) is 6. The first-order valence-electron chi connectivity index (χ1n) is 7.00. The summed E-state index contributed by atoms with van der Waals surface area (Å²) < 4.78 is 7.33. The minimum absolute atomic E-state index is 0.330. The first-order valence-corrected chi connectivity index (χ1v) is 7.00. The highest BCUT2D eigenvalue weighted by atomic mass is 16.5. The zero-order chi connectivity index (χ0) is 13.7. The Kier molecular flexibility index (Phi) is 5.24. The Labute approximate surface area is 114 Å². The molecule has 2 rings (SSSR count). The Balaban J connectivity index is 1.99. The first-order chi connectivity index (χ1) is 9.28. The van der Waals surface area contributed by atoms with Crippen molar-refractivity contribution in [3.8, 4) is 0 Å². The molecule has 1 aromatic rings. The SMILES string of the molecule is CCCn1nnnc1CN1CCC(OC)CC1CN. The molecule has 2 atom stereocenters. The highest BCUT2D eigenvalue weighted by molar-refractivity contribution is 4.88. The van der Waals surface area contributed by atoms with E-state index in [9.17, 15) is 0 Å². The third-order valence-corrected chi connectivity index (χ3v) is 3.78. The lowest BCUT2D eigenvalue weighted by Gasteiger charge is -2.38. The molecule has 1 fully saturated rings. The summed E-state index contributed by atoms with van der Waals surface area (Å²) in [7, 11) is 1.77. The van der Waals surface area contributed by atoms with Crippen LogP contribution >= 0.6 is 0 Å². The Morgan fingerprint density at radius 2 is 2.32 bits per heavy atom. The molecule has 0 amide bonds. The number of tetrazole rings is 1. The summed E-state index contributed by atoms with van der Waals surface area (Å²) in [5.41, 5.74) is 5.88. The average molecular weight is 268 g/mol. The van der Waals surface area contributed by atoms with E-state index in [-0.39, 0.29) is 0 Å². The van der Waals surface area contributed by atoms with Gasteiger partial charge in [-0.3, -0.25) is 4.90 Å². The minimum Gasteiger partial charge on any atom is -0.381 e. The summed E-state index contributed by atoms with van der Waals surface area (Å²) >= 11 is 0. The second kappa shape index (κ2) is 6.93. The van der Waals surface area contributed by atoms with Crippen molar-refractivity contribution in [2.75, 3.05) is 20.2 Å². The van der Waals surface area contributed by atoms with Gasteiger partial charge < -0.3 is 10.5 Å². The summed E-state index contributed by atoms with van der Waals surface area (Å²) in [6.07, 6.45) is 3.39. The van der Waals surface area contributed by atoms with E-state index < -0.39 is 0 Å². The molecule has 2 unspecified atom stereocenters. The average Bonchev–Trinajstić information content (AvgIpc) is 2.87. The number of aromatic nitrogens is 4. The van der Waals surface area contributed by atoms with Crippen molar-refractivity contribution in [1.82, 2.24) is 25.1 Å². The fraction of sp³-hybridized carbons (Fsp3) is 0.917. The first kappa shape index (κ1) is 14.4. The van der Waals surface area contributed by atoms with Crippen LogP contribution in [0.3, 0.4) is 0 Å². The molecule has 7 heteroatoms. The third kappa shape index (κ3) is 3.49. The standard InChI is InChI=1S/C12H24N6O/c1-3-5-18-12(14-15-16-18)9-17-6-4-11(19-2)7-10(17)8-13/h10-11H,3-9,13H2,1-2H3. The normalized spacial score (nSPS) is 24.8. The van der Waals surface area contributed by atoms with Gasteiger partial charge in [-0.2, -0.15) is 0 Å². The number of rotatable bonds is 6. The topological polar surface area (TPSA) is 82.1 Å². The molecule has 1 aliphatic rings. The third-order valence-electron chi connectivity index (χ3n) is 3.78.